The van der Waals surface area contributed by atoms with E-state index in [1.165, 1.54) is 5.56 Å². The van der Waals surface area contributed by atoms with Crippen LogP contribution in [0.4, 0.5) is 0 Å². The SMILES string of the molecule is NCc1ccccc1COC1COC1. The molecule has 0 aromatic heterocycles. The Bertz CT molecular complexity index is 297. The van der Waals surface area contributed by atoms with Gasteiger partial charge in [-0.1, -0.05) is 24.3 Å². The van der Waals surface area contributed by atoms with Gasteiger partial charge in [-0.3, -0.25) is 0 Å². The van der Waals surface area contributed by atoms with Crippen LogP contribution in [0.2, 0.25) is 0 Å². The largest absolute Gasteiger partial charge is 0.376 e. The van der Waals surface area contributed by atoms with Crippen molar-refractivity contribution in [1.82, 2.24) is 0 Å². The molecule has 14 heavy (non-hydrogen) atoms. The minimum absolute atomic E-state index is 0.279. The highest BCUT2D eigenvalue weighted by Crippen LogP contribution is 2.13. The normalized spacial score (nSPS) is 16.6. The van der Waals surface area contributed by atoms with Crippen molar-refractivity contribution in [2.45, 2.75) is 19.3 Å². The van der Waals surface area contributed by atoms with E-state index in [9.17, 15) is 0 Å². The Morgan fingerprint density at radius 1 is 1.29 bits per heavy atom. The summed E-state index contributed by atoms with van der Waals surface area (Å²) in [6.45, 7) is 2.66. The Labute approximate surface area is 83.8 Å². The van der Waals surface area contributed by atoms with E-state index in [0.717, 1.165) is 18.8 Å². The zero-order valence-electron chi connectivity index (χ0n) is 8.11. The van der Waals surface area contributed by atoms with Gasteiger partial charge in [0.2, 0.25) is 0 Å². The second-order valence-corrected chi connectivity index (χ2v) is 3.44. The van der Waals surface area contributed by atoms with Crippen LogP contribution in [0.5, 0.6) is 0 Å². The van der Waals surface area contributed by atoms with Crippen LogP contribution in [0, 0.1) is 0 Å². The molecular formula is C11H15NO2. The van der Waals surface area contributed by atoms with Crippen LogP contribution in [0.1, 0.15) is 11.1 Å². The zero-order chi connectivity index (χ0) is 9.80. The number of ether oxygens (including phenoxy) is 2. The molecule has 0 amide bonds. The molecule has 0 spiro atoms. The fourth-order valence-corrected chi connectivity index (χ4v) is 1.42. The molecule has 3 heteroatoms. The van der Waals surface area contributed by atoms with Crippen LogP contribution in [0.3, 0.4) is 0 Å². The lowest BCUT2D eigenvalue weighted by Gasteiger charge is -2.26. The number of hydrogen-bond acceptors (Lipinski definition) is 3. The molecule has 2 rings (SSSR count). The average Bonchev–Trinajstić information content (AvgIpc) is 2.16. The molecule has 1 saturated heterocycles. The van der Waals surface area contributed by atoms with E-state index in [1.54, 1.807) is 0 Å². The maximum absolute atomic E-state index is 5.63. The molecule has 76 valence electrons. The number of nitrogens with two attached hydrogens (primary N) is 1. The van der Waals surface area contributed by atoms with Gasteiger partial charge in [-0.2, -0.15) is 0 Å². The van der Waals surface area contributed by atoms with Gasteiger partial charge in [0.25, 0.3) is 0 Å². The molecule has 3 nitrogen and oxygen atoms in total. The number of rotatable bonds is 4. The predicted molar refractivity (Wildman–Crippen MR) is 53.7 cm³/mol. The molecule has 0 aliphatic carbocycles. The monoisotopic (exact) mass is 193 g/mol. The van der Waals surface area contributed by atoms with Crippen molar-refractivity contribution in [1.29, 1.82) is 0 Å². The summed E-state index contributed by atoms with van der Waals surface area (Å²) >= 11 is 0. The van der Waals surface area contributed by atoms with Gasteiger partial charge in [-0.05, 0) is 11.1 Å². The Balaban J connectivity index is 1.93. The topological polar surface area (TPSA) is 44.5 Å². The molecule has 1 aromatic rings. The molecular weight excluding hydrogens is 178 g/mol. The minimum Gasteiger partial charge on any atom is -0.376 e. The molecule has 0 saturated carbocycles. The van der Waals surface area contributed by atoms with Crippen LogP contribution in [0.15, 0.2) is 24.3 Å². The summed E-state index contributed by atoms with van der Waals surface area (Å²) < 4.78 is 10.7. The van der Waals surface area contributed by atoms with Crippen molar-refractivity contribution >= 4 is 0 Å². The van der Waals surface area contributed by atoms with Crippen molar-refractivity contribution in [3.8, 4) is 0 Å². The van der Waals surface area contributed by atoms with Crippen molar-refractivity contribution in [3.05, 3.63) is 35.4 Å². The van der Waals surface area contributed by atoms with E-state index >= 15 is 0 Å². The van der Waals surface area contributed by atoms with Crippen LogP contribution in [-0.4, -0.2) is 19.3 Å². The first-order chi connectivity index (χ1) is 6.90. The number of benzene rings is 1. The van der Waals surface area contributed by atoms with Crippen LogP contribution >= 0.6 is 0 Å². The smallest absolute Gasteiger partial charge is 0.105 e. The van der Waals surface area contributed by atoms with Gasteiger partial charge >= 0.3 is 0 Å². The van der Waals surface area contributed by atoms with E-state index < -0.39 is 0 Å². The molecule has 1 aliphatic rings. The van der Waals surface area contributed by atoms with E-state index in [1.807, 2.05) is 18.2 Å². The highest BCUT2D eigenvalue weighted by molar-refractivity contribution is 5.26. The summed E-state index contributed by atoms with van der Waals surface area (Å²) in [6, 6.07) is 8.10. The van der Waals surface area contributed by atoms with Gasteiger partial charge in [-0.25, -0.2) is 0 Å². The van der Waals surface area contributed by atoms with Crippen molar-refractivity contribution in [2.75, 3.05) is 13.2 Å². The van der Waals surface area contributed by atoms with Crippen molar-refractivity contribution in [2.24, 2.45) is 5.73 Å². The first kappa shape index (κ1) is 9.65. The Hall–Kier alpha value is -0.900. The van der Waals surface area contributed by atoms with Gasteiger partial charge in [0.1, 0.15) is 6.10 Å². The first-order valence-corrected chi connectivity index (χ1v) is 4.86. The summed E-state index contributed by atoms with van der Waals surface area (Å²) in [5.41, 5.74) is 7.97. The van der Waals surface area contributed by atoms with Crippen LogP contribution in [0.25, 0.3) is 0 Å². The van der Waals surface area contributed by atoms with Gasteiger partial charge in [0.15, 0.2) is 0 Å². The molecule has 1 fully saturated rings. The summed E-state index contributed by atoms with van der Waals surface area (Å²) in [7, 11) is 0. The first-order valence-electron chi connectivity index (χ1n) is 4.86. The Morgan fingerprint density at radius 2 is 2.00 bits per heavy atom. The van der Waals surface area contributed by atoms with Crippen LogP contribution in [-0.2, 0) is 22.6 Å². The average molecular weight is 193 g/mol. The summed E-state index contributed by atoms with van der Waals surface area (Å²) in [5, 5.41) is 0. The van der Waals surface area contributed by atoms with Crippen molar-refractivity contribution in [3.63, 3.8) is 0 Å². The third-order valence-corrected chi connectivity index (χ3v) is 2.42. The van der Waals surface area contributed by atoms with Crippen molar-refractivity contribution < 1.29 is 9.47 Å². The fraction of sp³-hybridized carbons (Fsp3) is 0.455. The molecule has 0 radical (unpaired) electrons. The molecule has 2 N–H and O–H groups in total. The standard InChI is InChI=1S/C11H15NO2/c12-5-9-3-1-2-4-10(9)6-14-11-7-13-8-11/h1-4,11H,5-8,12H2. The third-order valence-electron chi connectivity index (χ3n) is 2.42. The lowest BCUT2D eigenvalue weighted by Crippen LogP contribution is -2.35. The van der Waals surface area contributed by atoms with Gasteiger partial charge in [0, 0.05) is 6.54 Å². The number of hydrogen-bond donors (Lipinski definition) is 1. The molecule has 0 unspecified atom stereocenters. The van der Waals surface area contributed by atoms with E-state index in [-0.39, 0.29) is 6.10 Å². The second kappa shape index (κ2) is 4.55. The van der Waals surface area contributed by atoms with Gasteiger partial charge < -0.3 is 15.2 Å². The van der Waals surface area contributed by atoms with E-state index in [0.29, 0.717) is 13.2 Å². The Morgan fingerprint density at radius 3 is 2.57 bits per heavy atom. The molecule has 0 bridgehead atoms. The highest BCUT2D eigenvalue weighted by Gasteiger charge is 2.18. The van der Waals surface area contributed by atoms with Crippen LogP contribution < -0.4 is 5.73 Å². The maximum Gasteiger partial charge on any atom is 0.105 e. The quantitative estimate of drug-likeness (QED) is 0.777. The summed E-state index contributed by atoms with van der Waals surface area (Å²) in [6.07, 6.45) is 0.279. The minimum atomic E-state index is 0.279. The molecule has 1 aromatic carbocycles. The lowest BCUT2D eigenvalue weighted by atomic mass is 10.1. The lowest BCUT2D eigenvalue weighted by molar-refractivity contribution is -0.135. The van der Waals surface area contributed by atoms with E-state index in [2.05, 4.69) is 6.07 Å². The Kier molecular flexibility index (Phi) is 3.14. The molecule has 1 heterocycles. The zero-order valence-corrected chi connectivity index (χ0v) is 8.11. The predicted octanol–water partition coefficient (Wildman–Crippen LogP) is 1.06. The summed E-state index contributed by atoms with van der Waals surface area (Å²) in [4.78, 5) is 0. The maximum atomic E-state index is 5.63. The van der Waals surface area contributed by atoms with Gasteiger partial charge in [-0.15, -0.1) is 0 Å². The van der Waals surface area contributed by atoms with Gasteiger partial charge in [0.05, 0.1) is 19.8 Å². The molecule has 1 aliphatic heterocycles. The second-order valence-electron chi connectivity index (χ2n) is 3.44. The van der Waals surface area contributed by atoms with E-state index in [4.69, 9.17) is 15.2 Å². The summed E-state index contributed by atoms with van der Waals surface area (Å²) in [5.74, 6) is 0. The highest BCUT2D eigenvalue weighted by atomic mass is 16.6. The third kappa shape index (κ3) is 2.12. The molecule has 0 atom stereocenters. The fourth-order valence-electron chi connectivity index (χ4n) is 1.42.